The van der Waals surface area contributed by atoms with Crippen LogP contribution in [-0.2, 0) is 39.0 Å². The molecule has 0 amide bonds. The number of hydrogen-bond donors (Lipinski definition) is 3. The summed E-state index contributed by atoms with van der Waals surface area (Å²) in [6.07, 6.45) is 0.718. The van der Waals surface area contributed by atoms with Crippen LogP contribution in [0.5, 0.6) is 0 Å². The van der Waals surface area contributed by atoms with Gasteiger partial charge in [-0.15, -0.1) is 0 Å². The molecule has 1 atom stereocenters. The molecule has 1 aliphatic rings. The van der Waals surface area contributed by atoms with Crippen LogP contribution >= 0.6 is 0 Å². The summed E-state index contributed by atoms with van der Waals surface area (Å²) < 4.78 is 65.2. The predicted molar refractivity (Wildman–Crippen MR) is 68.0 cm³/mol. The third-order valence-corrected chi connectivity index (χ3v) is 3.41. The van der Waals surface area contributed by atoms with Gasteiger partial charge in [0.05, 0.1) is 0 Å². The molecule has 1 saturated heterocycles. The van der Waals surface area contributed by atoms with Crippen molar-refractivity contribution in [2.45, 2.75) is 13.5 Å². The fourth-order valence-corrected chi connectivity index (χ4v) is 1.67. The van der Waals surface area contributed by atoms with Crippen LogP contribution in [0.1, 0.15) is 6.92 Å². The molecule has 0 aliphatic carbocycles. The molecule has 1 rings (SSSR count). The van der Waals surface area contributed by atoms with Gasteiger partial charge in [0, 0.05) is 5.57 Å². The maximum atomic E-state index is 9.60. The molecule has 0 aromatic heterocycles. The van der Waals surface area contributed by atoms with Crippen molar-refractivity contribution in [3.63, 3.8) is 0 Å². The molecule has 11 nitrogen and oxygen atoms in total. The van der Waals surface area contributed by atoms with Crippen LogP contribution in [0.3, 0.4) is 0 Å². The van der Waals surface area contributed by atoms with Gasteiger partial charge in [0.2, 0.25) is 0 Å². The summed E-state index contributed by atoms with van der Waals surface area (Å²) in [7, 11) is -10.0. The summed E-state index contributed by atoms with van der Waals surface area (Å²) in [4.78, 5) is 9.60. The Morgan fingerprint density at radius 2 is 1.57 bits per heavy atom. The summed E-state index contributed by atoms with van der Waals surface area (Å²) in [6.45, 7) is 5.66. The van der Waals surface area contributed by atoms with Crippen molar-refractivity contribution in [3.05, 3.63) is 12.2 Å². The molecule has 0 spiro atoms. The molecule has 3 N–H and O–H groups in total. The van der Waals surface area contributed by atoms with Crippen molar-refractivity contribution in [1.82, 2.24) is 0 Å². The van der Waals surface area contributed by atoms with E-state index in [4.69, 9.17) is 18.9 Å². The van der Waals surface area contributed by atoms with Gasteiger partial charge in [0.15, 0.2) is 0 Å². The second kappa shape index (κ2) is 11.1. The van der Waals surface area contributed by atoms with Crippen molar-refractivity contribution in [3.8, 4) is 0 Å². The molecular formula is C7H13KO11S2. The van der Waals surface area contributed by atoms with E-state index in [9.17, 15) is 21.6 Å². The molecule has 21 heavy (non-hydrogen) atoms. The minimum absolute atomic E-state index is 0.176. The Hall–Kier alpha value is 0.546. The molecule has 14 heteroatoms. The molecule has 0 radical (unpaired) electrons. The van der Waals surface area contributed by atoms with Crippen LogP contribution in [0, 0.1) is 0 Å². The number of carbonyl (C=O) groups is 1. The van der Waals surface area contributed by atoms with Crippen molar-refractivity contribution in [1.29, 1.82) is 0 Å². The SMILES string of the molecule is C=C(C)C(=O)O.O=S(=O)(O)OOS(=O)(=O)O.[K][CH2]C1CO1. The summed E-state index contributed by atoms with van der Waals surface area (Å²) in [5, 5.41) is 7.89. The first-order chi connectivity index (χ1) is 9.28. The molecular weight excluding hydrogens is 363 g/mol. The average Bonchev–Trinajstić information content (AvgIpc) is 3.09. The Labute approximate surface area is 155 Å². The van der Waals surface area contributed by atoms with Crippen LogP contribution in [0.2, 0.25) is 0.515 Å². The van der Waals surface area contributed by atoms with Gasteiger partial charge >= 0.3 is 93.7 Å². The number of aliphatic carboxylic acids is 1. The first-order valence-electron chi connectivity index (χ1n) is 5.11. The fraction of sp³-hybridized carbons (Fsp3) is 0.571. The third kappa shape index (κ3) is 25.8. The third-order valence-electron chi connectivity index (χ3n) is 1.42. The zero-order valence-corrected chi connectivity index (χ0v) is 15.9. The normalized spacial score (nSPS) is 16.7. The van der Waals surface area contributed by atoms with Gasteiger partial charge < -0.3 is 5.11 Å². The predicted octanol–water partition coefficient (Wildman–Crippen LogP) is -0.841. The van der Waals surface area contributed by atoms with Crippen LogP contribution in [0.25, 0.3) is 0 Å². The summed E-state index contributed by atoms with van der Waals surface area (Å²) >= 11 is 1.02. The van der Waals surface area contributed by atoms with Gasteiger partial charge in [-0.25, -0.2) is 4.79 Å². The van der Waals surface area contributed by atoms with E-state index in [0.29, 0.717) is 0 Å². The van der Waals surface area contributed by atoms with E-state index in [1.54, 1.807) is 0 Å². The molecule has 0 saturated carbocycles. The number of rotatable bonds is 5. The van der Waals surface area contributed by atoms with Crippen LogP contribution in [0.4, 0.5) is 0 Å². The Morgan fingerprint density at radius 3 is 1.62 bits per heavy atom. The molecule has 1 unspecified atom stereocenters. The number of carboxylic acids is 1. The van der Waals surface area contributed by atoms with E-state index in [-0.39, 0.29) is 5.57 Å². The van der Waals surface area contributed by atoms with E-state index in [1.807, 2.05) is 0 Å². The molecule has 120 valence electrons. The minimum atomic E-state index is -5.02. The molecule has 1 aliphatic heterocycles. The Morgan fingerprint density at radius 1 is 1.29 bits per heavy atom. The van der Waals surface area contributed by atoms with Gasteiger partial charge in [0.1, 0.15) is 0 Å². The fourth-order valence-electron chi connectivity index (χ4n) is 0.374. The summed E-state index contributed by atoms with van der Waals surface area (Å²) in [5.41, 5.74) is 0.176. The molecule has 0 aromatic carbocycles. The monoisotopic (exact) mass is 376 g/mol. The summed E-state index contributed by atoms with van der Waals surface area (Å²) in [6, 6.07) is 0. The van der Waals surface area contributed by atoms with E-state index in [0.717, 1.165) is 61.7 Å². The summed E-state index contributed by atoms with van der Waals surface area (Å²) in [5.74, 6) is -0.935. The molecule has 0 aromatic rings. The number of hydrogen-bond acceptors (Lipinski definition) is 8. The van der Waals surface area contributed by atoms with Crippen molar-refractivity contribution < 1.29 is 49.2 Å². The van der Waals surface area contributed by atoms with Crippen LogP contribution < -0.4 is 0 Å². The molecule has 0 bridgehead atoms. The second-order valence-electron chi connectivity index (χ2n) is 3.44. The maximum absolute atomic E-state index is 9.60. The number of ether oxygens (including phenoxy) is 1. The Bertz CT molecular complexity index is 489. The van der Waals surface area contributed by atoms with E-state index in [1.165, 1.54) is 7.44 Å². The first-order valence-corrected chi connectivity index (χ1v) is 10.0. The quantitative estimate of drug-likeness (QED) is 0.136. The number of epoxide rings is 1. The van der Waals surface area contributed by atoms with Gasteiger partial charge in [-0.3, -0.25) is 9.11 Å². The van der Waals surface area contributed by atoms with Crippen molar-refractivity contribution in [2.75, 3.05) is 6.61 Å². The average molecular weight is 376 g/mol. The van der Waals surface area contributed by atoms with E-state index in [2.05, 4.69) is 15.2 Å². The van der Waals surface area contributed by atoms with Crippen LogP contribution in [0.15, 0.2) is 12.2 Å². The second-order valence-corrected chi connectivity index (χ2v) is 6.70. The van der Waals surface area contributed by atoms with E-state index >= 15 is 0 Å². The Kier molecular flexibility index (Phi) is 12.6. The standard InChI is InChI=1S/C4H6O2.C3H5O.K.H2O8S2/c1-3(2)4(5)6;1-3-2-4-3;;1-9(2,3)7-8-10(4,5)6/h1H2,2H3,(H,5,6);3H,1-2H2;;(H,1,2,3)(H,4,5,6). The Balaban J connectivity index is 0. The van der Waals surface area contributed by atoms with Gasteiger partial charge in [-0.05, 0) is 6.92 Å². The molecule has 1 fully saturated rings. The molecule has 1 heterocycles. The first kappa shape index (κ1) is 23.8. The topological polar surface area (TPSA) is 177 Å². The van der Waals surface area contributed by atoms with Gasteiger partial charge in [-0.1, -0.05) is 15.2 Å². The number of carboxylic acid groups (broad SMARTS) is 1. The van der Waals surface area contributed by atoms with Gasteiger partial charge in [-0.2, -0.15) is 16.8 Å². The van der Waals surface area contributed by atoms with Crippen molar-refractivity contribution in [2.24, 2.45) is 0 Å². The zero-order valence-electron chi connectivity index (χ0n) is 11.1. The van der Waals surface area contributed by atoms with Gasteiger partial charge in [0.25, 0.3) is 0 Å². The van der Waals surface area contributed by atoms with Crippen molar-refractivity contribution >= 4 is 75.7 Å². The van der Waals surface area contributed by atoms with E-state index < -0.39 is 26.8 Å². The zero-order chi connectivity index (χ0) is 17.3. The van der Waals surface area contributed by atoms with Crippen LogP contribution in [-0.4, -0.2) is 98.7 Å².